The van der Waals surface area contributed by atoms with Gasteiger partial charge in [-0.15, -0.1) is 0 Å². The zero-order valence-corrected chi connectivity index (χ0v) is 12.4. The normalized spacial score (nSPS) is 15.3. The molecule has 3 rings (SSSR count). The quantitative estimate of drug-likeness (QED) is 0.653. The lowest BCUT2D eigenvalue weighted by atomic mass is 10.1. The Labute approximate surface area is 132 Å². The molecule has 1 saturated heterocycles. The number of carbonyl (C=O) groups is 1. The molecule has 1 aromatic carbocycles. The average molecular weight is 315 g/mol. The molecule has 0 spiro atoms. The highest BCUT2D eigenvalue weighted by molar-refractivity contribution is 5.95. The summed E-state index contributed by atoms with van der Waals surface area (Å²) in [5, 5.41) is 17.5. The molecule has 0 aliphatic carbocycles. The van der Waals surface area contributed by atoms with Crippen molar-refractivity contribution in [3.8, 4) is 5.69 Å². The van der Waals surface area contributed by atoms with Crippen molar-refractivity contribution in [2.24, 2.45) is 0 Å². The lowest BCUT2D eigenvalue weighted by Gasteiger charge is -2.23. The first-order chi connectivity index (χ1) is 11.1. The number of amides is 1. The minimum atomic E-state index is -0.489. The predicted molar refractivity (Wildman–Crippen MR) is 83.6 cm³/mol. The van der Waals surface area contributed by atoms with Gasteiger partial charge in [-0.05, 0) is 38.1 Å². The number of piperidine rings is 1. The van der Waals surface area contributed by atoms with Gasteiger partial charge in [-0.25, -0.2) is 4.98 Å². The summed E-state index contributed by atoms with van der Waals surface area (Å²) in [6.45, 7) is 1.73. The Morgan fingerprint density at radius 1 is 1.39 bits per heavy atom. The molecule has 2 heterocycles. The Morgan fingerprint density at radius 2 is 2.17 bits per heavy atom. The zero-order chi connectivity index (χ0) is 16.2. The molecule has 120 valence electrons. The largest absolute Gasteiger partial charge is 0.349 e. The fourth-order valence-electron chi connectivity index (χ4n) is 2.67. The molecule has 1 aromatic heterocycles. The van der Waals surface area contributed by atoms with E-state index in [1.54, 1.807) is 29.1 Å². The topological polar surface area (TPSA) is 102 Å². The van der Waals surface area contributed by atoms with Gasteiger partial charge >= 0.3 is 0 Å². The Balaban J connectivity index is 1.84. The van der Waals surface area contributed by atoms with Gasteiger partial charge in [0.1, 0.15) is 5.69 Å². The molecule has 23 heavy (non-hydrogen) atoms. The van der Waals surface area contributed by atoms with Crippen LogP contribution < -0.4 is 10.6 Å². The maximum atomic E-state index is 12.3. The standard InChI is InChI=1S/C15H17N5O3/c21-15(18-12-3-5-16-6-4-12)11-1-2-13(14(9-11)20(22)23)19-8-7-17-10-19/h1-2,7-10,12,16H,3-6H2,(H,18,21). The number of hydrogen-bond donors (Lipinski definition) is 2. The summed E-state index contributed by atoms with van der Waals surface area (Å²) in [6.07, 6.45) is 6.37. The van der Waals surface area contributed by atoms with E-state index in [4.69, 9.17) is 0 Å². The van der Waals surface area contributed by atoms with Crippen LogP contribution in [0.25, 0.3) is 5.69 Å². The van der Waals surface area contributed by atoms with Gasteiger partial charge in [-0.2, -0.15) is 0 Å². The maximum absolute atomic E-state index is 12.3. The third-order valence-electron chi connectivity index (χ3n) is 3.89. The zero-order valence-electron chi connectivity index (χ0n) is 12.4. The van der Waals surface area contributed by atoms with Crippen molar-refractivity contribution < 1.29 is 9.72 Å². The highest BCUT2D eigenvalue weighted by atomic mass is 16.6. The SMILES string of the molecule is O=C(NC1CCNCC1)c1ccc(-n2ccnc2)c([N+](=O)[O-])c1. The Hall–Kier alpha value is -2.74. The lowest BCUT2D eigenvalue weighted by molar-refractivity contribution is -0.384. The van der Waals surface area contributed by atoms with E-state index in [2.05, 4.69) is 15.6 Å². The number of carbonyl (C=O) groups excluding carboxylic acids is 1. The fourth-order valence-corrected chi connectivity index (χ4v) is 2.67. The predicted octanol–water partition coefficient (Wildman–Crippen LogP) is 1.26. The van der Waals surface area contributed by atoms with Crippen LogP contribution in [0.3, 0.4) is 0 Å². The number of benzene rings is 1. The summed E-state index contributed by atoms with van der Waals surface area (Å²) in [5.41, 5.74) is 0.547. The van der Waals surface area contributed by atoms with Crippen LogP contribution in [-0.4, -0.2) is 39.5 Å². The second-order valence-corrected chi connectivity index (χ2v) is 5.43. The Bertz CT molecular complexity index is 708. The van der Waals surface area contributed by atoms with Gasteiger partial charge in [0.2, 0.25) is 0 Å². The van der Waals surface area contributed by atoms with Crippen LogP contribution in [-0.2, 0) is 0 Å². The molecule has 0 unspecified atom stereocenters. The van der Waals surface area contributed by atoms with Gasteiger partial charge in [0.05, 0.1) is 11.3 Å². The van der Waals surface area contributed by atoms with Crippen molar-refractivity contribution in [2.75, 3.05) is 13.1 Å². The number of aromatic nitrogens is 2. The molecule has 1 fully saturated rings. The van der Waals surface area contributed by atoms with Crippen LogP contribution >= 0.6 is 0 Å². The highest BCUT2D eigenvalue weighted by Crippen LogP contribution is 2.24. The van der Waals surface area contributed by atoms with Crippen molar-refractivity contribution in [3.63, 3.8) is 0 Å². The van der Waals surface area contributed by atoms with E-state index < -0.39 is 4.92 Å². The summed E-state index contributed by atoms with van der Waals surface area (Å²) in [4.78, 5) is 27.0. The lowest BCUT2D eigenvalue weighted by Crippen LogP contribution is -2.42. The van der Waals surface area contributed by atoms with Crippen LogP contribution in [0.4, 0.5) is 5.69 Å². The number of hydrogen-bond acceptors (Lipinski definition) is 5. The first-order valence-electron chi connectivity index (χ1n) is 7.43. The Kier molecular flexibility index (Phi) is 4.33. The van der Waals surface area contributed by atoms with Gasteiger partial charge in [-0.1, -0.05) is 0 Å². The molecule has 0 atom stereocenters. The van der Waals surface area contributed by atoms with E-state index in [-0.39, 0.29) is 17.6 Å². The molecule has 2 N–H and O–H groups in total. The second kappa shape index (κ2) is 6.57. The molecular formula is C15H17N5O3. The molecule has 1 aliphatic heterocycles. The summed E-state index contributed by atoms with van der Waals surface area (Å²) < 4.78 is 1.55. The van der Waals surface area contributed by atoms with Crippen LogP contribution in [0, 0.1) is 10.1 Å². The molecule has 1 amide bonds. The maximum Gasteiger partial charge on any atom is 0.294 e. The van der Waals surface area contributed by atoms with Gasteiger partial charge in [0.25, 0.3) is 11.6 Å². The van der Waals surface area contributed by atoms with E-state index in [9.17, 15) is 14.9 Å². The molecule has 2 aromatic rings. The van der Waals surface area contributed by atoms with Crippen molar-refractivity contribution in [1.29, 1.82) is 0 Å². The molecule has 0 bridgehead atoms. The third kappa shape index (κ3) is 3.37. The van der Waals surface area contributed by atoms with E-state index >= 15 is 0 Å². The minimum Gasteiger partial charge on any atom is -0.349 e. The van der Waals surface area contributed by atoms with Gasteiger partial charge in [-0.3, -0.25) is 14.9 Å². The summed E-state index contributed by atoms with van der Waals surface area (Å²) in [5.74, 6) is -0.280. The van der Waals surface area contributed by atoms with E-state index in [1.807, 2.05) is 0 Å². The summed E-state index contributed by atoms with van der Waals surface area (Å²) in [7, 11) is 0. The van der Waals surface area contributed by atoms with Gasteiger partial charge in [0.15, 0.2) is 0 Å². The highest BCUT2D eigenvalue weighted by Gasteiger charge is 2.21. The second-order valence-electron chi connectivity index (χ2n) is 5.43. The van der Waals surface area contributed by atoms with Gasteiger partial charge < -0.3 is 15.2 Å². The third-order valence-corrected chi connectivity index (χ3v) is 3.89. The average Bonchev–Trinajstić information content (AvgIpc) is 3.09. The number of nitrogens with one attached hydrogen (secondary N) is 2. The molecule has 0 saturated carbocycles. The number of nitro benzene ring substituents is 1. The molecular weight excluding hydrogens is 298 g/mol. The van der Waals surface area contributed by atoms with Crippen molar-refractivity contribution in [1.82, 2.24) is 20.2 Å². The number of nitro groups is 1. The van der Waals surface area contributed by atoms with Crippen LogP contribution in [0.15, 0.2) is 36.9 Å². The van der Waals surface area contributed by atoms with Crippen LogP contribution in [0.5, 0.6) is 0 Å². The van der Waals surface area contributed by atoms with Crippen molar-refractivity contribution in [3.05, 3.63) is 52.6 Å². The monoisotopic (exact) mass is 315 g/mol. The number of nitrogens with zero attached hydrogens (tertiary/aromatic N) is 3. The molecule has 1 aliphatic rings. The van der Waals surface area contributed by atoms with Crippen LogP contribution in [0.1, 0.15) is 23.2 Å². The first kappa shape index (κ1) is 15.2. The summed E-state index contributed by atoms with van der Waals surface area (Å²) >= 11 is 0. The smallest absolute Gasteiger partial charge is 0.294 e. The molecule has 0 radical (unpaired) electrons. The van der Waals surface area contributed by atoms with Gasteiger partial charge in [0, 0.05) is 30.1 Å². The van der Waals surface area contributed by atoms with E-state index in [0.29, 0.717) is 11.3 Å². The fraction of sp³-hybridized carbons (Fsp3) is 0.333. The van der Waals surface area contributed by atoms with E-state index in [1.165, 1.54) is 12.4 Å². The molecule has 8 nitrogen and oxygen atoms in total. The molecule has 8 heteroatoms. The minimum absolute atomic E-state index is 0.108. The first-order valence-corrected chi connectivity index (χ1v) is 7.43. The Morgan fingerprint density at radius 3 is 2.83 bits per heavy atom. The number of rotatable bonds is 4. The summed E-state index contributed by atoms with van der Waals surface area (Å²) in [6, 6.07) is 4.58. The number of imidazole rings is 1. The van der Waals surface area contributed by atoms with Crippen molar-refractivity contribution in [2.45, 2.75) is 18.9 Å². The van der Waals surface area contributed by atoms with E-state index in [0.717, 1.165) is 25.9 Å². The van der Waals surface area contributed by atoms with Crippen LogP contribution in [0.2, 0.25) is 0 Å². The van der Waals surface area contributed by atoms with Crippen molar-refractivity contribution >= 4 is 11.6 Å².